The molecule has 0 atom stereocenters. The normalized spacial score (nSPS) is 19.7. The fourth-order valence-electron chi connectivity index (χ4n) is 2.74. The first-order valence-electron chi connectivity index (χ1n) is 6.46. The molecule has 1 aliphatic rings. The fraction of sp³-hybridized carbons (Fsp3) is 0.462. The number of sulfonamides is 1. The third kappa shape index (κ3) is 2.10. The molecule has 3 rings (SSSR count). The van der Waals surface area contributed by atoms with Gasteiger partial charge in [-0.05, 0) is 44.9 Å². The number of fused-ring (bicyclic) bond motifs is 1. The maximum absolute atomic E-state index is 12.7. The van der Waals surface area contributed by atoms with Crippen molar-refractivity contribution in [1.82, 2.24) is 9.29 Å². The van der Waals surface area contributed by atoms with Crippen LogP contribution in [0.4, 0.5) is 0 Å². The second-order valence-corrected chi connectivity index (χ2v) is 8.54. The maximum Gasteiger partial charge on any atom is 0.305 e. The van der Waals surface area contributed by atoms with Crippen molar-refractivity contribution in [2.75, 3.05) is 6.54 Å². The Kier molecular flexibility index (Phi) is 3.04. The molecule has 0 aliphatic carbocycles. The number of rotatable bonds is 2. The van der Waals surface area contributed by atoms with Crippen LogP contribution in [0.1, 0.15) is 26.7 Å². The topological polar surface area (TPSA) is 70.2 Å². The molecule has 1 aliphatic heterocycles. The first kappa shape index (κ1) is 13.8. The highest BCUT2D eigenvalue weighted by molar-refractivity contribution is 7.89. The van der Waals surface area contributed by atoms with Gasteiger partial charge in [0.1, 0.15) is 0 Å². The Morgan fingerprint density at radius 3 is 2.75 bits per heavy atom. The predicted molar refractivity (Wildman–Crippen MR) is 79.7 cm³/mol. The molecule has 108 valence electrons. The molecule has 1 aromatic heterocycles. The number of aromatic amines is 1. The Hall–Kier alpha value is -1.18. The van der Waals surface area contributed by atoms with Crippen LogP contribution < -0.4 is 4.87 Å². The largest absolute Gasteiger partial charge is 0.312 e. The first-order valence-corrected chi connectivity index (χ1v) is 8.72. The molecule has 20 heavy (non-hydrogen) atoms. The van der Waals surface area contributed by atoms with Crippen molar-refractivity contribution >= 4 is 31.6 Å². The average molecular weight is 312 g/mol. The minimum Gasteiger partial charge on any atom is -0.312 e. The van der Waals surface area contributed by atoms with Gasteiger partial charge in [0.2, 0.25) is 10.0 Å². The summed E-state index contributed by atoms with van der Waals surface area (Å²) in [4.78, 5) is 14.1. The van der Waals surface area contributed by atoms with Gasteiger partial charge in [-0.25, -0.2) is 8.42 Å². The summed E-state index contributed by atoms with van der Waals surface area (Å²) in [6.45, 7) is 4.45. The van der Waals surface area contributed by atoms with Crippen LogP contribution in [0.15, 0.2) is 27.9 Å². The number of hydrogen-bond acceptors (Lipinski definition) is 4. The molecule has 0 bridgehead atoms. The van der Waals surface area contributed by atoms with Crippen LogP contribution in [0.3, 0.4) is 0 Å². The number of H-pyrrole nitrogens is 1. The van der Waals surface area contributed by atoms with E-state index in [1.807, 2.05) is 13.8 Å². The Morgan fingerprint density at radius 1 is 1.35 bits per heavy atom. The first-order chi connectivity index (χ1) is 9.30. The lowest BCUT2D eigenvalue weighted by atomic mass is 10.0. The summed E-state index contributed by atoms with van der Waals surface area (Å²) in [6, 6.07) is 4.81. The van der Waals surface area contributed by atoms with Crippen LogP contribution in [0.5, 0.6) is 0 Å². The molecule has 2 heterocycles. The maximum atomic E-state index is 12.7. The van der Waals surface area contributed by atoms with E-state index in [2.05, 4.69) is 4.98 Å². The monoisotopic (exact) mass is 312 g/mol. The van der Waals surface area contributed by atoms with E-state index in [1.54, 1.807) is 22.5 Å². The number of benzene rings is 1. The van der Waals surface area contributed by atoms with Crippen LogP contribution in [0, 0.1) is 0 Å². The van der Waals surface area contributed by atoms with Gasteiger partial charge in [-0.3, -0.25) is 4.79 Å². The second kappa shape index (κ2) is 4.41. The lowest BCUT2D eigenvalue weighted by molar-refractivity contribution is 0.292. The van der Waals surface area contributed by atoms with Gasteiger partial charge in [0.25, 0.3) is 0 Å². The molecule has 7 heteroatoms. The summed E-state index contributed by atoms with van der Waals surface area (Å²) in [5.74, 6) is 0. The molecule has 0 unspecified atom stereocenters. The van der Waals surface area contributed by atoms with Gasteiger partial charge in [0.15, 0.2) is 0 Å². The van der Waals surface area contributed by atoms with Crippen molar-refractivity contribution in [2.45, 2.75) is 37.1 Å². The van der Waals surface area contributed by atoms with E-state index in [9.17, 15) is 13.2 Å². The Morgan fingerprint density at radius 2 is 2.10 bits per heavy atom. The van der Waals surface area contributed by atoms with Crippen LogP contribution in [0.25, 0.3) is 10.2 Å². The number of hydrogen-bond donors (Lipinski definition) is 1. The van der Waals surface area contributed by atoms with Gasteiger partial charge in [0.05, 0.1) is 15.1 Å². The van der Waals surface area contributed by atoms with Gasteiger partial charge >= 0.3 is 4.87 Å². The molecule has 5 nitrogen and oxygen atoms in total. The molecule has 1 saturated heterocycles. The van der Waals surface area contributed by atoms with Crippen LogP contribution >= 0.6 is 11.3 Å². The number of aromatic nitrogens is 1. The molecule has 0 spiro atoms. The molecular weight excluding hydrogens is 296 g/mol. The molecule has 0 amide bonds. The van der Waals surface area contributed by atoms with Gasteiger partial charge in [-0.1, -0.05) is 11.3 Å². The van der Waals surface area contributed by atoms with E-state index in [0.29, 0.717) is 16.8 Å². The van der Waals surface area contributed by atoms with E-state index < -0.39 is 10.0 Å². The fourth-order valence-corrected chi connectivity index (χ4v) is 5.46. The average Bonchev–Trinajstić information content (AvgIpc) is 2.89. The minimum absolute atomic E-state index is 0.170. The quantitative estimate of drug-likeness (QED) is 0.923. The van der Waals surface area contributed by atoms with Crippen molar-refractivity contribution in [2.24, 2.45) is 0 Å². The SMILES string of the molecule is CC1(C)CCCN1S(=O)(=O)c1ccc2[nH]c(=O)sc2c1. The molecule has 1 fully saturated rings. The van der Waals surface area contributed by atoms with Crippen LogP contribution in [0.2, 0.25) is 0 Å². The number of nitrogens with zero attached hydrogens (tertiary/aromatic N) is 1. The highest BCUT2D eigenvalue weighted by atomic mass is 32.2. The lowest BCUT2D eigenvalue weighted by Gasteiger charge is -2.30. The summed E-state index contributed by atoms with van der Waals surface area (Å²) in [5.41, 5.74) is 0.332. The molecule has 2 aromatic rings. The van der Waals surface area contributed by atoms with E-state index in [1.165, 1.54) is 0 Å². The van der Waals surface area contributed by atoms with Gasteiger partial charge < -0.3 is 4.98 Å². The standard InChI is InChI=1S/C13H16N2O3S2/c1-13(2)6-3-7-15(13)20(17,18)9-4-5-10-11(8-9)19-12(16)14-10/h4-5,8H,3,6-7H2,1-2H3,(H,14,16). The Bertz CT molecular complexity index is 817. The molecule has 1 N–H and O–H groups in total. The van der Waals surface area contributed by atoms with Crippen LogP contribution in [-0.4, -0.2) is 29.8 Å². The van der Waals surface area contributed by atoms with E-state index in [0.717, 1.165) is 24.2 Å². The molecular formula is C13H16N2O3S2. The van der Waals surface area contributed by atoms with Crippen molar-refractivity contribution in [3.63, 3.8) is 0 Å². The summed E-state index contributed by atoms with van der Waals surface area (Å²) in [7, 11) is -3.50. The summed E-state index contributed by atoms with van der Waals surface area (Å²) >= 11 is 1.03. The second-order valence-electron chi connectivity index (χ2n) is 5.67. The predicted octanol–water partition coefficient (Wildman–Crippen LogP) is 2.15. The van der Waals surface area contributed by atoms with Crippen molar-refractivity contribution < 1.29 is 8.42 Å². The van der Waals surface area contributed by atoms with Crippen LogP contribution in [-0.2, 0) is 10.0 Å². The van der Waals surface area contributed by atoms with Crippen molar-refractivity contribution in [1.29, 1.82) is 0 Å². The zero-order valence-electron chi connectivity index (χ0n) is 11.3. The molecule has 0 radical (unpaired) electrons. The summed E-state index contributed by atoms with van der Waals surface area (Å²) in [5, 5.41) is 0. The molecule has 1 aromatic carbocycles. The third-order valence-electron chi connectivity index (χ3n) is 3.81. The van der Waals surface area contributed by atoms with E-state index in [-0.39, 0.29) is 15.3 Å². The lowest BCUT2D eigenvalue weighted by Crippen LogP contribution is -2.42. The zero-order chi connectivity index (χ0) is 14.5. The van der Waals surface area contributed by atoms with Gasteiger partial charge in [-0.2, -0.15) is 4.31 Å². The highest BCUT2D eigenvalue weighted by Gasteiger charge is 2.40. The van der Waals surface area contributed by atoms with E-state index in [4.69, 9.17) is 0 Å². The smallest absolute Gasteiger partial charge is 0.305 e. The summed E-state index contributed by atoms with van der Waals surface area (Å²) < 4.78 is 27.7. The highest BCUT2D eigenvalue weighted by Crippen LogP contribution is 2.34. The van der Waals surface area contributed by atoms with Crippen molar-refractivity contribution in [3.8, 4) is 0 Å². The Labute approximate surface area is 121 Å². The molecule has 0 saturated carbocycles. The van der Waals surface area contributed by atoms with Crippen molar-refractivity contribution in [3.05, 3.63) is 27.9 Å². The minimum atomic E-state index is -3.50. The Balaban J connectivity index is 2.11. The zero-order valence-corrected chi connectivity index (χ0v) is 13.0. The third-order valence-corrected chi connectivity index (χ3v) is 6.76. The van der Waals surface area contributed by atoms with Gasteiger partial charge in [-0.15, -0.1) is 0 Å². The van der Waals surface area contributed by atoms with Gasteiger partial charge in [0, 0.05) is 12.1 Å². The van der Waals surface area contributed by atoms with E-state index >= 15 is 0 Å². The summed E-state index contributed by atoms with van der Waals surface area (Å²) in [6.07, 6.45) is 1.75. The number of thiazole rings is 1. The number of nitrogens with one attached hydrogen (secondary N) is 1.